The fourth-order valence-corrected chi connectivity index (χ4v) is 2.90. The Hall–Kier alpha value is -2.19. The molecule has 1 aromatic heterocycles. The summed E-state index contributed by atoms with van der Waals surface area (Å²) in [4.78, 5) is 4.89. The molecule has 4 rings (SSSR count). The third-order valence-corrected chi connectivity index (χ3v) is 4.25. The lowest BCUT2D eigenvalue weighted by Gasteiger charge is -2.06. The minimum absolute atomic E-state index is 1.01. The molecular weight excluding hydrogens is 322 g/mol. The van der Waals surface area contributed by atoms with Gasteiger partial charge in [0.1, 0.15) is 0 Å². The van der Waals surface area contributed by atoms with Crippen LogP contribution >= 0.6 is 15.9 Å². The highest BCUT2D eigenvalue weighted by Gasteiger charge is 2.05. The Morgan fingerprint density at radius 3 is 2.24 bits per heavy atom. The van der Waals surface area contributed by atoms with Crippen molar-refractivity contribution in [1.29, 1.82) is 0 Å². The molecule has 0 aliphatic rings. The number of nitrogens with zero attached hydrogens (tertiary/aromatic N) is 1. The van der Waals surface area contributed by atoms with Crippen molar-refractivity contribution in [2.24, 2.45) is 0 Å². The van der Waals surface area contributed by atoms with E-state index in [4.69, 9.17) is 4.98 Å². The molecular formula is C19H12BrN. The van der Waals surface area contributed by atoms with Crippen molar-refractivity contribution >= 4 is 37.6 Å². The zero-order chi connectivity index (χ0) is 14.2. The summed E-state index contributed by atoms with van der Waals surface area (Å²) < 4.78 is 1.08. The summed E-state index contributed by atoms with van der Waals surface area (Å²) in [7, 11) is 0. The standard InChI is InChI=1S/C19H12BrN/c20-16-10-7-14(8-11-16)18-12-9-15-6-5-13-3-1-2-4-17(13)19(15)21-18/h1-12H. The molecule has 21 heavy (non-hydrogen) atoms. The molecule has 0 fully saturated rings. The van der Waals surface area contributed by atoms with Crippen LogP contribution in [-0.4, -0.2) is 4.98 Å². The van der Waals surface area contributed by atoms with Gasteiger partial charge in [0.05, 0.1) is 11.2 Å². The van der Waals surface area contributed by atoms with Gasteiger partial charge in [-0.1, -0.05) is 70.5 Å². The molecule has 1 nitrogen and oxygen atoms in total. The lowest BCUT2D eigenvalue weighted by molar-refractivity contribution is 1.41. The molecule has 0 atom stereocenters. The second kappa shape index (κ2) is 4.97. The van der Waals surface area contributed by atoms with E-state index in [1.54, 1.807) is 0 Å². The van der Waals surface area contributed by atoms with Gasteiger partial charge in [0.15, 0.2) is 0 Å². The van der Waals surface area contributed by atoms with Gasteiger partial charge in [0.25, 0.3) is 0 Å². The Morgan fingerprint density at radius 1 is 0.667 bits per heavy atom. The number of pyridine rings is 1. The van der Waals surface area contributed by atoms with Crippen LogP contribution in [0.5, 0.6) is 0 Å². The Labute approximate surface area is 131 Å². The van der Waals surface area contributed by atoms with Gasteiger partial charge in [0, 0.05) is 20.8 Å². The van der Waals surface area contributed by atoms with Crippen LogP contribution in [0.15, 0.2) is 77.3 Å². The number of hydrogen-bond acceptors (Lipinski definition) is 1. The minimum atomic E-state index is 1.01. The zero-order valence-corrected chi connectivity index (χ0v) is 12.8. The van der Waals surface area contributed by atoms with Crippen molar-refractivity contribution in [1.82, 2.24) is 4.98 Å². The first-order valence-electron chi connectivity index (χ1n) is 6.86. The summed E-state index contributed by atoms with van der Waals surface area (Å²) in [5.41, 5.74) is 3.20. The van der Waals surface area contributed by atoms with Crippen molar-refractivity contribution in [2.45, 2.75) is 0 Å². The lowest BCUT2D eigenvalue weighted by Crippen LogP contribution is -1.86. The SMILES string of the molecule is Brc1ccc(-c2ccc3ccc4ccccc4c3n2)cc1. The van der Waals surface area contributed by atoms with Crippen LogP contribution < -0.4 is 0 Å². The third-order valence-electron chi connectivity index (χ3n) is 3.72. The molecule has 0 aliphatic heterocycles. The monoisotopic (exact) mass is 333 g/mol. The number of hydrogen-bond donors (Lipinski definition) is 0. The summed E-state index contributed by atoms with van der Waals surface area (Å²) in [6.07, 6.45) is 0. The molecule has 0 N–H and O–H groups in total. The number of benzene rings is 3. The second-order valence-corrected chi connectivity index (χ2v) is 5.98. The Kier molecular flexibility index (Phi) is 2.97. The quantitative estimate of drug-likeness (QED) is 0.400. The first-order chi connectivity index (χ1) is 10.3. The molecule has 2 heteroatoms. The molecule has 0 bridgehead atoms. The fourth-order valence-electron chi connectivity index (χ4n) is 2.64. The Morgan fingerprint density at radius 2 is 1.38 bits per heavy atom. The highest BCUT2D eigenvalue weighted by Crippen LogP contribution is 2.27. The van der Waals surface area contributed by atoms with E-state index >= 15 is 0 Å². The Bertz CT molecular complexity index is 942. The molecule has 0 saturated carbocycles. The van der Waals surface area contributed by atoms with Gasteiger partial charge >= 0.3 is 0 Å². The topological polar surface area (TPSA) is 12.9 Å². The molecule has 100 valence electrons. The Balaban J connectivity index is 2.00. The van der Waals surface area contributed by atoms with Crippen LogP contribution in [0.2, 0.25) is 0 Å². The van der Waals surface area contributed by atoms with Crippen LogP contribution in [0, 0.1) is 0 Å². The highest BCUT2D eigenvalue weighted by atomic mass is 79.9. The fraction of sp³-hybridized carbons (Fsp3) is 0. The van der Waals surface area contributed by atoms with E-state index in [0.717, 1.165) is 21.2 Å². The van der Waals surface area contributed by atoms with Gasteiger partial charge in [-0.2, -0.15) is 0 Å². The number of halogens is 1. The maximum Gasteiger partial charge on any atom is 0.0787 e. The van der Waals surface area contributed by atoms with Crippen LogP contribution in [0.25, 0.3) is 32.9 Å². The normalized spacial score (nSPS) is 11.1. The van der Waals surface area contributed by atoms with E-state index in [-0.39, 0.29) is 0 Å². The van der Waals surface area contributed by atoms with Gasteiger partial charge in [-0.3, -0.25) is 0 Å². The number of fused-ring (bicyclic) bond motifs is 3. The largest absolute Gasteiger partial charge is 0.247 e. The number of rotatable bonds is 1. The van der Waals surface area contributed by atoms with E-state index < -0.39 is 0 Å². The molecule has 0 aliphatic carbocycles. The first-order valence-corrected chi connectivity index (χ1v) is 7.65. The highest BCUT2D eigenvalue weighted by molar-refractivity contribution is 9.10. The molecule has 0 unspecified atom stereocenters. The van der Waals surface area contributed by atoms with Crippen molar-refractivity contribution in [3.05, 3.63) is 77.3 Å². The van der Waals surface area contributed by atoms with Crippen molar-refractivity contribution in [3.8, 4) is 11.3 Å². The average molecular weight is 334 g/mol. The maximum absolute atomic E-state index is 4.89. The van der Waals surface area contributed by atoms with Gasteiger partial charge < -0.3 is 0 Å². The smallest absolute Gasteiger partial charge is 0.0787 e. The van der Waals surface area contributed by atoms with Crippen molar-refractivity contribution in [3.63, 3.8) is 0 Å². The van der Waals surface area contributed by atoms with Crippen LogP contribution in [0.4, 0.5) is 0 Å². The lowest BCUT2D eigenvalue weighted by atomic mass is 10.0. The van der Waals surface area contributed by atoms with Crippen LogP contribution in [0.1, 0.15) is 0 Å². The molecule has 0 amide bonds. The van der Waals surface area contributed by atoms with Crippen molar-refractivity contribution < 1.29 is 0 Å². The van der Waals surface area contributed by atoms with Crippen molar-refractivity contribution in [2.75, 3.05) is 0 Å². The third kappa shape index (κ3) is 2.22. The zero-order valence-electron chi connectivity index (χ0n) is 11.3. The predicted octanol–water partition coefficient (Wildman–Crippen LogP) is 5.82. The summed E-state index contributed by atoms with van der Waals surface area (Å²) in [6.45, 7) is 0. The van der Waals surface area contributed by atoms with E-state index in [0.29, 0.717) is 0 Å². The number of aromatic nitrogens is 1. The van der Waals surface area contributed by atoms with Gasteiger partial charge in [0.2, 0.25) is 0 Å². The average Bonchev–Trinajstić information content (AvgIpc) is 2.55. The second-order valence-electron chi connectivity index (χ2n) is 5.06. The molecule has 1 heterocycles. The molecule has 0 radical (unpaired) electrons. The molecule has 0 spiro atoms. The minimum Gasteiger partial charge on any atom is -0.247 e. The van der Waals surface area contributed by atoms with Gasteiger partial charge in [-0.15, -0.1) is 0 Å². The van der Waals surface area contributed by atoms with E-state index in [9.17, 15) is 0 Å². The molecule has 3 aromatic carbocycles. The first kappa shape index (κ1) is 12.5. The van der Waals surface area contributed by atoms with Gasteiger partial charge in [-0.05, 0) is 23.6 Å². The van der Waals surface area contributed by atoms with E-state index in [1.165, 1.54) is 16.2 Å². The molecule has 4 aromatic rings. The van der Waals surface area contributed by atoms with E-state index in [2.05, 4.69) is 76.6 Å². The summed E-state index contributed by atoms with van der Waals surface area (Å²) in [6, 6.07) is 25.2. The van der Waals surface area contributed by atoms with E-state index in [1.807, 2.05) is 12.1 Å². The predicted molar refractivity (Wildman–Crippen MR) is 92.4 cm³/mol. The van der Waals surface area contributed by atoms with Gasteiger partial charge in [-0.25, -0.2) is 4.98 Å². The summed E-state index contributed by atoms with van der Waals surface area (Å²) >= 11 is 3.47. The molecule has 0 saturated heterocycles. The maximum atomic E-state index is 4.89. The summed E-state index contributed by atoms with van der Waals surface area (Å²) in [5.74, 6) is 0. The van der Waals surface area contributed by atoms with Crippen LogP contribution in [0.3, 0.4) is 0 Å². The summed E-state index contributed by atoms with van der Waals surface area (Å²) in [5, 5.41) is 3.61. The van der Waals surface area contributed by atoms with Crippen LogP contribution in [-0.2, 0) is 0 Å².